The third kappa shape index (κ3) is 7.17. The van der Waals surface area contributed by atoms with Crippen LogP contribution in [0.5, 0.6) is 0 Å². The van der Waals surface area contributed by atoms with E-state index in [1.165, 1.54) is 32.3 Å². The Hall–Kier alpha value is -4.48. The fourth-order valence-electron chi connectivity index (χ4n) is 4.98. The maximum absolute atomic E-state index is 5.57. The molecule has 0 aliphatic carbocycles. The van der Waals surface area contributed by atoms with Crippen molar-refractivity contribution in [1.29, 1.82) is 0 Å². The minimum atomic E-state index is -1.07. The Morgan fingerprint density at radius 1 is 0.341 bits per heavy atom. The highest BCUT2D eigenvalue weighted by atomic mass is 31.1. The zero-order valence-corrected chi connectivity index (χ0v) is 26.7. The number of nitrogens with zero attached hydrogens (tertiary/aromatic N) is 2. The monoisotopic (exact) mass is 604 g/mol. The van der Waals surface area contributed by atoms with Crippen LogP contribution in [0.25, 0.3) is 0 Å². The van der Waals surface area contributed by atoms with Gasteiger partial charge in [0.15, 0.2) is 0 Å². The molecule has 2 nitrogen and oxygen atoms in total. The molecule has 0 bridgehead atoms. The minimum Gasteiger partial charge on any atom is -0.246 e. The number of aliphatic imine (C=N–C) groups is 2. The van der Waals surface area contributed by atoms with Gasteiger partial charge in [-0.3, -0.25) is 0 Å². The summed E-state index contributed by atoms with van der Waals surface area (Å²) in [5.74, 6) is 0. The smallest absolute Gasteiger partial charge is 0.0993 e. The number of benzene rings is 6. The van der Waals surface area contributed by atoms with Gasteiger partial charge in [0.2, 0.25) is 0 Å². The first kappa shape index (κ1) is 29.6. The Bertz CT molecular complexity index is 1620. The molecule has 0 unspecified atom stereocenters. The molecule has 6 aromatic carbocycles. The molecule has 0 N–H and O–H groups in total. The van der Waals surface area contributed by atoms with Gasteiger partial charge in [-0.15, -0.1) is 0 Å². The van der Waals surface area contributed by atoms with E-state index in [1.807, 2.05) is 0 Å². The van der Waals surface area contributed by atoms with Gasteiger partial charge in [-0.25, -0.2) is 9.98 Å². The highest BCUT2D eigenvalue weighted by Crippen LogP contribution is 2.47. The van der Waals surface area contributed by atoms with Gasteiger partial charge in [0.25, 0.3) is 0 Å². The topological polar surface area (TPSA) is 24.7 Å². The van der Waals surface area contributed by atoms with Crippen molar-refractivity contribution in [2.45, 2.75) is 13.8 Å². The van der Waals surface area contributed by atoms with Gasteiger partial charge in [0.05, 0.1) is 22.3 Å². The Balaban J connectivity index is 1.70. The SMILES string of the molecule is Cc1ccc(N=C(C(=Nc2ccc(C)cc2)P(c2ccccc2)c2ccccc2)P(c2ccccc2)c2ccccc2)cc1. The lowest BCUT2D eigenvalue weighted by Gasteiger charge is -2.28. The first-order valence-corrected chi connectivity index (χ1v) is 17.5. The van der Waals surface area contributed by atoms with Gasteiger partial charge in [0.1, 0.15) is 0 Å². The predicted octanol–water partition coefficient (Wildman–Crippen LogP) is 9.33. The standard InChI is InChI=1S/C40H34N2P2/c1-31-23-27-33(28-24-31)41-39(43(35-15-7-3-8-16-35)36-17-9-4-10-18-36)40(42-34-29-25-32(2)26-30-34)44(37-19-11-5-12-20-37)38-21-13-6-14-22-38/h3-30H,1-2H3. The minimum absolute atomic E-state index is 0.928. The molecular formula is C40H34N2P2. The van der Waals surface area contributed by atoms with E-state index in [9.17, 15) is 0 Å². The molecule has 44 heavy (non-hydrogen) atoms. The maximum atomic E-state index is 5.57. The summed E-state index contributed by atoms with van der Waals surface area (Å²) >= 11 is 0. The number of rotatable bonds is 9. The van der Waals surface area contributed by atoms with Crippen molar-refractivity contribution in [2.75, 3.05) is 0 Å². The molecule has 4 heteroatoms. The summed E-state index contributed by atoms with van der Waals surface area (Å²) < 4.78 is 0. The average Bonchev–Trinajstić information content (AvgIpc) is 3.08. The summed E-state index contributed by atoms with van der Waals surface area (Å²) in [7, 11) is -2.13. The third-order valence-corrected chi connectivity index (χ3v) is 12.1. The molecule has 0 saturated carbocycles. The molecule has 0 atom stereocenters. The molecule has 0 fully saturated rings. The van der Waals surface area contributed by atoms with Crippen molar-refractivity contribution >= 4 is 59.3 Å². The van der Waals surface area contributed by atoms with Crippen molar-refractivity contribution in [2.24, 2.45) is 9.98 Å². The Morgan fingerprint density at radius 3 is 0.841 bits per heavy atom. The maximum Gasteiger partial charge on any atom is 0.0993 e. The van der Waals surface area contributed by atoms with E-state index in [1.54, 1.807) is 0 Å². The molecule has 6 rings (SSSR count). The lowest BCUT2D eigenvalue weighted by molar-refractivity contribution is 1.43. The molecule has 214 valence electrons. The molecule has 0 amide bonds. The summed E-state index contributed by atoms with van der Waals surface area (Å²) in [6, 6.07) is 60.3. The predicted molar refractivity (Wildman–Crippen MR) is 195 cm³/mol. The van der Waals surface area contributed by atoms with E-state index in [2.05, 4.69) is 184 Å². The van der Waals surface area contributed by atoms with Gasteiger partial charge in [-0.1, -0.05) is 157 Å². The van der Waals surface area contributed by atoms with Crippen LogP contribution in [0.3, 0.4) is 0 Å². The molecular weight excluding hydrogens is 570 g/mol. The van der Waals surface area contributed by atoms with Gasteiger partial charge in [0, 0.05) is 15.8 Å². The molecule has 0 aliphatic heterocycles. The van der Waals surface area contributed by atoms with Crippen LogP contribution >= 0.6 is 15.8 Å². The van der Waals surface area contributed by atoms with Crippen LogP contribution in [0, 0.1) is 13.8 Å². The first-order chi connectivity index (χ1) is 21.7. The second-order valence-electron chi connectivity index (χ2n) is 10.6. The summed E-state index contributed by atoms with van der Waals surface area (Å²) in [4.78, 5) is 11.1. The first-order valence-electron chi connectivity index (χ1n) is 14.8. The highest BCUT2D eigenvalue weighted by Gasteiger charge is 2.32. The Labute approximate surface area is 263 Å². The molecule has 0 heterocycles. The molecule has 6 aromatic rings. The van der Waals surface area contributed by atoms with Crippen LogP contribution in [0.2, 0.25) is 0 Å². The molecule has 0 aliphatic rings. The second-order valence-corrected chi connectivity index (χ2v) is 14.8. The van der Waals surface area contributed by atoms with Crippen LogP contribution < -0.4 is 21.2 Å². The van der Waals surface area contributed by atoms with E-state index in [0.29, 0.717) is 0 Å². The number of aryl methyl sites for hydroxylation is 2. The van der Waals surface area contributed by atoms with E-state index < -0.39 is 15.8 Å². The van der Waals surface area contributed by atoms with E-state index in [4.69, 9.17) is 9.98 Å². The van der Waals surface area contributed by atoms with Crippen LogP contribution in [0.1, 0.15) is 11.1 Å². The van der Waals surface area contributed by atoms with Gasteiger partial charge < -0.3 is 0 Å². The fourth-order valence-corrected chi connectivity index (χ4v) is 9.97. The van der Waals surface area contributed by atoms with Crippen LogP contribution in [0.15, 0.2) is 180 Å². The largest absolute Gasteiger partial charge is 0.246 e. The normalized spacial score (nSPS) is 12.1. The summed E-state index contributed by atoms with van der Waals surface area (Å²) in [6.45, 7) is 4.23. The van der Waals surface area contributed by atoms with E-state index in [-0.39, 0.29) is 0 Å². The molecule has 0 aromatic heterocycles. The lowest BCUT2D eigenvalue weighted by Crippen LogP contribution is -2.28. The third-order valence-electron chi connectivity index (χ3n) is 7.22. The summed E-state index contributed by atoms with van der Waals surface area (Å²) in [6.07, 6.45) is 0. The van der Waals surface area contributed by atoms with Crippen molar-refractivity contribution in [3.05, 3.63) is 181 Å². The van der Waals surface area contributed by atoms with E-state index in [0.717, 1.165) is 22.3 Å². The molecule has 0 saturated heterocycles. The van der Waals surface area contributed by atoms with Gasteiger partial charge in [-0.2, -0.15) is 0 Å². The van der Waals surface area contributed by atoms with Crippen molar-refractivity contribution in [3.63, 3.8) is 0 Å². The van der Waals surface area contributed by atoms with Crippen LogP contribution in [-0.4, -0.2) is 10.9 Å². The Kier molecular flexibility index (Phi) is 9.63. The zero-order valence-electron chi connectivity index (χ0n) is 25.0. The quantitative estimate of drug-likeness (QED) is 0.116. The van der Waals surface area contributed by atoms with Gasteiger partial charge in [-0.05, 0) is 59.3 Å². The molecule has 0 radical (unpaired) electrons. The zero-order chi connectivity index (χ0) is 30.1. The average molecular weight is 605 g/mol. The van der Waals surface area contributed by atoms with Crippen molar-refractivity contribution in [1.82, 2.24) is 0 Å². The highest BCUT2D eigenvalue weighted by molar-refractivity contribution is 8.00. The fraction of sp³-hybridized carbons (Fsp3) is 0.0500. The van der Waals surface area contributed by atoms with Crippen molar-refractivity contribution < 1.29 is 0 Å². The number of hydrogen-bond acceptors (Lipinski definition) is 2. The second kappa shape index (κ2) is 14.3. The summed E-state index contributed by atoms with van der Waals surface area (Å²) in [5.41, 5.74) is 6.31. The Morgan fingerprint density at radius 2 is 0.591 bits per heavy atom. The number of hydrogen-bond donors (Lipinski definition) is 0. The van der Waals surface area contributed by atoms with E-state index >= 15 is 0 Å². The lowest BCUT2D eigenvalue weighted by atomic mass is 10.2. The van der Waals surface area contributed by atoms with Crippen molar-refractivity contribution in [3.8, 4) is 0 Å². The van der Waals surface area contributed by atoms with Gasteiger partial charge >= 0.3 is 0 Å². The summed E-state index contributed by atoms with van der Waals surface area (Å²) in [5, 5.41) is 4.97. The van der Waals surface area contributed by atoms with Crippen LogP contribution in [0.4, 0.5) is 11.4 Å². The molecule has 0 spiro atoms. The van der Waals surface area contributed by atoms with Crippen LogP contribution in [-0.2, 0) is 0 Å².